The number of hydrogen-bond donors (Lipinski definition) is 3. The van der Waals surface area contributed by atoms with E-state index in [9.17, 15) is 25.3 Å². The molecule has 0 aliphatic rings. The van der Waals surface area contributed by atoms with Gasteiger partial charge in [0.1, 0.15) is 17.4 Å². The smallest absolute Gasteiger partial charge is 0.274 e. The van der Waals surface area contributed by atoms with E-state index >= 15 is 0 Å². The van der Waals surface area contributed by atoms with Gasteiger partial charge in [0, 0.05) is 22.8 Å². The van der Waals surface area contributed by atoms with Crippen LogP contribution < -0.4 is 11.0 Å². The highest BCUT2D eigenvalue weighted by Gasteiger charge is 2.19. The Hall–Kier alpha value is -4.04. The summed E-state index contributed by atoms with van der Waals surface area (Å²) in [6.07, 6.45) is 1.15. The number of hydrogen-bond acceptors (Lipinski definition) is 8. The van der Waals surface area contributed by atoms with Gasteiger partial charge in [0.15, 0.2) is 0 Å². The van der Waals surface area contributed by atoms with E-state index in [0.717, 1.165) is 6.21 Å². The molecule has 0 unspecified atom stereocenters. The van der Waals surface area contributed by atoms with Crippen molar-refractivity contribution in [1.29, 1.82) is 5.26 Å². The fraction of sp³-hybridized carbons (Fsp3) is 0.0526. The van der Waals surface area contributed by atoms with Gasteiger partial charge in [-0.2, -0.15) is 10.4 Å². The number of phenols is 1. The summed E-state index contributed by atoms with van der Waals surface area (Å²) >= 11 is 3.12. The van der Waals surface area contributed by atoms with Crippen molar-refractivity contribution in [2.75, 3.05) is 5.43 Å². The molecule has 3 rings (SSSR count). The van der Waals surface area contributed by atoms with Crippen LogP contribution in [0.5, 0.6) is 5.75 Å². The summed E-state index contributed by atoms with van der Waals surface area (Å²) in [6, 6.07) is 11.7. The molecule has 0 aliphatic heterocycles. The number of aromatic nitrogens is 2. The number of nitriles is 1. The van der Waals surface area contributed by atoms with Crippen molar-refractivity contribution in [3.63, 3.8) is 0 Å². The molecule has 0 spiro atoms. The molecular weight excluding hydrogens is 456 g/mol. The maximum absolute atomic E-state index is 12.2. The normalized spacial score (nSPS) is 10.7. The second-order valence-corrected chi connectivity index (χ2v) is 6.81. The maximum Gasteiger partial charge on any atom is 0.274 e. The molecule has 0 bridgehead atoms. The molecular formula is C19H13BrN6O4. The number of nitro groups is 1. The number of rotatable bonds is 5. The fourth-order valence-corrected chi connectivity index (χ4v) is 3.06. The third-order valence-electron chi connectivity index (χ3n) is 4.14. The van der Waals surface area contributed by atoms with Crippen molar-refractivity contribution in [2.24, 2.45) is 5.10 Å². The molecule has 0 radical (unpaired) electrons. The van der Waals surface area contributed by atoms with Crippen molar-refractivity contribution < 1.29 is 10.0 Å². The molecule has 0 fully saturated rings. The van der Waals surface area contributed by atoms with E-state index in [1.54, 1.807) is 30.3 Å². The predicted molar refractivity (Wildman–Crippen MR) is 113 cm³/mol. The molecule has 1 aromatic heterocycles. The second-order valence-electron chi connectivity index (χ2n) is 6.02. The van der Waals surface area contributed by atoms with Crippen LogP contribution in [-0.2, 0) is 0 Å². The van der Waals surface area contributed by atoms with Crippen molar-refractivity contribution in [3.05, 3.63) is 78.0 Å². The number of H-pyrrole nitrogens is 1. The van der Waals surface area contributed by atoms with Crippen LogP contribution in [0.25, 0.3) is 11.3 Å². The van der Waals surface area contributed by atoms with Gasteiger partial charge in [-0.25, -0.2) is 10.4 Å². The molecule has 3 aromatic rings. The van der Waals surface area contributed by atoms with Crippen molar-refractivity contribution in [3.8, 4) is 23.1 Å². The summed E-state index contributed by atoms with van der Waals surface area (Å²) in [5.74, 6) is -0.274. The standard InChI is InChI=1S/C19H13BrN6O4/c1-10-14(26(29)30)7-12(17(27)15(10)20)9-22-25-19-23-16(11-5-3-2-4-6-11)13(8-21)18(28)24-19/h2-7,9,27H,1H3,(H2,23,24,25,28). The van der Waals surface area contributed by atoms with E-state index in [-0.39, 0.29) is 44.2 Å². The minimum atomic E-state index is -0.652. The van der Waals surface area contributed by atoms with E-state index in [4.69, 9.17) is 0 Å². The van der Waals surface area contributed by atoms with E-state index in [2.05, 4.69) is 36.4 Å². The summed E-state index contributed by atoms with van der Waals surface area (Å²) in [4.78, 5) is 29.4. The van der Waals surface area contributed by atoms with Crippen LogP contribution in [0.2, 0.25) is 0 Å². The van der Waals surface area contributed by atoms with E-state index in [1.807, 2.05) is 6.07 Å². The Kier molecular flexibility index (Phi) is 5.89. The van der Waals surface area contributed by atoms with Gasteiger partial charge in [0.25, 0.3) is 11.2 Å². The second kappa shape index (κ2) is 8.54. The number of aromatic amines is 1. The van der Waals surface area contributed by atoms with Gasteiger partial charge in [-0.1, -0.05) is 30.3 Å². The molecule has 11 heteroatoms. The number of phenolic OH excluding ortho intramolecular Hbond substituents is 1. The van der Waals surface area contributed by atoms with Crippen LogP contribution in [-0.4, -0.2) is 26.2 Å². The topological polar surface area (TPSA) is 157 Å². The molecule has 3 N–H and O–H groups in total. The molecule has 2 aromatic carbocycles. The lowest BCUT2D eigenvalue weighted by Gasteiger charge is -2.07. The Bertz CT molecular complexity index is 1260. The predicted octanol–water partition coefficient (Wildman–Crippen LogP) is 3.44. The number of nitro benzene ring substituents is 1. The molecule has 0 amide bonds. The lowest BCUT2D eigenvalue weighted by Crippen LogP contribution is -2.16. The van der Waals surface area contributed by atoms with E-state index < -0.39 is 10.5 Å². The number of nitrogens with zero attached hydrogens (tertiary/aromatic N) is 4. The highest BCUT2D eigenvalue weighted by molar-refractivity contribution is 9.10. The SMILES string of the molecule is Cc1c([N+](=O)[O-])cc(C=NNc2nc(-c3ccccc3)c(C#N)c(=O)[nH]2)c(O)c1Br. The van der Waals surface area contributed by atoms with Crippen LogP contribution in [0.4, 0.5) is 11.6 Å². The zero-order chi connectivity index (χ0) is 21.8. The summed E-state index contributed by atoms with van der Waals surface area (Å²) in [5, 5.41) is 34.5. The van der Waals surface area contributed by atoms with Gasteiger partial charge in [-0.3, -0.25) is 19.9 Å². The van der Waals surface area contributed by atoms with Gasteiger partial charge in [-0.15, -0.1) is 0 Å². The number of anilines is 1. The lowest BCUT2D eigenvalue weighted by atomic mass is 10.1. The molecule has 0 atom stereocenters. The monoisotopic (exact) mass is 468 g/mol. The van der Waals surface area contributed by atoms with Crippen LogP contribution in [0, 0.1) is 28.4 Å². The highest BCUT2D eigenvalue weighted by atomic mass is 79.9. The summed E-state index contributed by atoms with van der Waals surface area (Å²) in [7, 11) is 0. The first-order valence-electron chi connectivity index (χ1n) is 8.38. The van der Waals surface area contributed by atoms with Gasteiger partial charge >= 0.3 is 0 Å². The molecule has 0 aliphatic carbocycles. The van der Waals surface area contributed by atoms with E-state index in [0.29, 0.717) is 5.56 Å². The third-order valence-corrected chi connectivity index (χ3v) is 5.11. The summed E-state index contributed by atoms with van der Waals surface area (Å²) < 4.78 is 0.175. The summed E-state index contributed by atoms with van der Waals surface area (Å²) in [6.45, 7) is 1.50. The van der Waals surface area contributed by atoms with Crippen LogP contribution >= 0.6 is 15.9 Å². The number of nitrogens with one attached hydrogen (secondary N) is 2. The first-order chi connectivity index (χ1) is 14.3. The molecule has 0 saturated carbocycles. The van der Waals surface area contributed by atoms with Crippen molar-refractivity contribution in [1.82, 2.24) is 9.97 Å². The average molecular weight is 469 g/mol. The van der Waals surface area contributed by atoms with Crippen LogP contribution in [0.3, 0.4) is 0 Å². The Morgan fingerprint density at radius 3 is 2.73 bits per heavy atom. The lowest BCUT2D eigenvalue weighted by molar-refractivity contribution is -0.385. The van der Waals surface area contributed by atoms with Gasteiger partial charge in [0.05, 0.1) is 21.3 Å². The Morgan fingerprint density at radius 1 is 1.40 bits per heavy atom. The molecule has 30 heavy (non-hydrogen) atoms. The summed E-state index contributed by atoms with van der Waals surface area (Å²) in [5.41, 5.74) is 2.60. The number of benzene rings is 2. The van der Waals surface area contributed by atoms with Crippen LogP contribution in [0.1, 0.15) is 16.7 Å². The quantitative estimate of drug-likeness (QED) is 0.293. The average Bonchev–Trinajstić information content (AvgIpc) is 2.73. The first-order valence-corrected chi connectivity index (χ1v) is 9.18. The number of aromatic hydroxyl groups is 1. The number of halogens is 1. The third kappa shape index (κ3) is 4.03. The molecule has 150 valence electrons. The zero-order valence-corrected chi connectivity index (χ0v) is 17.0. The molecule has 10 nitrogen and oxygen atoms in total. The minimum Gasteiger partial charge on any atom is -0.506 e. The molecule has 0 saturated heterocycles. The molecule has 1 heterocycles. The Balaban J connectivity index is 1.97. The largest absolute Gasteiger partial charge is 0.506 e. The van der Waals surface area contributed by atoms with Crippen LogP contribution in [0.15, 0.2) is 50.8 Å². The van der Waals surface area contributed by atoms with Gasteiger partial charge in [0.2, 0.25) is 5.95 Å². The minimum absolute atomic E-state index is 0.0470. The highest BCUT2D eigenvalue weighted by Crippen LogP contribution is 2.36. The Morgan fingerprint density at radius 2 is 2.10 bits per heavy atom. The zero-order valence-electron chi connectivity index (χ0n) is 15.4. The van der Waals surface area contributed by atoms with Gasteiger partial charge < -0.3 is 5.11 Å². The first kappa shape index (κ1) is 20.7. The van der Waals surface area contributed by atoms with Crippen molar-refractivity contribution >= 4 is 33.8 Å². The number of hydrazone groups is 1. The van der Waals surface area contributed by atoms with Crippen molar-refractivity contribution in [2.45, 2.75) is 6.92 Å². The maximum atomic E-state index is 12.2. The van der Waals surface area contributed by atoms with Gasteiger partial charge in [-0.05, 0) is 22.9 Å². The fourth-order valence-electron chi connectivity index (χ4n) is 2.63. The van der Waals surface area contributed by atoms with E-state index in [1.165, 1.54) is 13.0 Å². The Labute approximate surface area is 177 Å².